The van der Waals surface area contributed by atoms with Crippen molar-refractivity contribution in [3.8, 4) is 0 Å². The second kappa shape index (κ2) is 7.16. The topological polar surface area (TPSA) is 93.1 Å². The molecule has 2 N–H and O–H groups in total. The Bertz CT molecular complexity index is 175. The molecule has 0 fully saturated rings. The molecule has 6 nitrogen and oxygen atoms in total. The van der Waals surface area contributed by atoms with Crippen molar-refractivity contribution < 1.29 is 29.9 Å². The van der Waals surface area contributed by atoms with Crippen molar-refractivity contribution in [2.45, 2.75) is 10.7 Å². The molecule has 0 rings (SSSR count). The molecule has 9 heteroatoms. The largest absolute Gasteiger partial charge is 0.393 e. The first-order valence-electron chi connectivity index (χ1n) is 2.50. The molecule has 0 aliphatic rings. The fourth-order valence-electron chi connectivity index (χ4n) is 0.0518. The van der Waals surface area contributed by atoms with Gasteiger partial charge in [-0.25, -0.2) is 9.59 Å². The number of hydrogen-bond donors (Lipinski definition) is 2. The second-order valence-corrected chi connectivity index (χ2v) is 3.74. The summed E-state index contributed by atoms with van der Waals surface area (Å²) in [5.41, 5.74) is 0. The third-order valence-electron chi connectivity index (χ3n) is 0.443. The molecule has 13 heavy (non-hydrogen) atoms. The minimum atomic E-state index is -2.19. The number of carbonyl (C=O) groups excluding carboxylic acids is 2. The van der Waals surface area contributed by atoms with Crippen molar-refractivity contribution in [2.75, 3.05) is 0 Å². The van der Waals surface area contributed by atoms with Gasteiger partial charge < -0.3 is 4.89 Å². The van der Waals surface area contributed by atoms with E-state index in [9.17, 15) is 9.59 Å². The Morgan fingerprint density at radius 1 is 1.15 bits per heavy atom. The van der Waals surface area contributed by atoms with E-state index in [0.717, 1.165) is 6.92 Å². The Morgan fingerprint density at radius 3 is 1.46 bits per heavy atom. The lowest BCUT2D eigenvalue weighted by molar-refractivity contribution is -0.233. The second-order valence-electron chi connectivity index (χ2n) is 1.46. The molecule has 0 saturated heterocycles. The van der Waals surface area contributed by atoms with Gasteiger partial charge in [0, 0.05) is 6.92 Å². The van der Waals surface area contributed by atoms with Gasteiger partial charge in [0.05, 0.1) is 0 Å². The number of alkyl halides is 3. The van der Waals surface area contributed by atoms with Crippen LogP contribution in [0.1, 0.15) is 6.92 Å². The Balaban J connectivity index is 0. The fraction of sp³-hybridized carbons (Fsp3) is 0.500. The summed E-state index contributed by atoms with van der Waals surface area (Å²) < 4.78 is -2.19. The quantitative estimate of drug-likeness (QED) is 0.386. The van der Waals surface area contributed by atoms with Crippen molar-refractivity contribution in [1.82, 2.24) is 0 Å². The summed E-state index contributed by atoms with van der Waals surface area (Å²) in [6, 6.07) is 0. The molecule has 0 aliphatic heterocycles. The third kappa shape index (κ3) is 11.7. The van der Waals surface area contributed by atoms with Crippen LogP contribution < -0.4 is 0 Å². The van der Waals surface area contributed by atoms with E-state index in [4.69, 9.17) is 45.3 Å². The molecule has 0 aliphatic carbocycles. The first-order chi connectivity index (χ1) is 5.75. The Labute approximate surface area is 87.7 Å². The van der Waals surface area contributed by atoms with Crippen LogP contribution in [0.25, 0.3) is 0 Å². The minimum Gasteiger partial charge on any atom is -0.301 e. The molecule has 0 amide bonds. The van der Waals surface area contributed by atoms with Gasteiger partial charge in [0.1, 0.15) is 0 Å². The van der Waals surface area contributed by atoms with Gasteiger partial charge in [-0.3, -0.25) is 4.89 Å². The molecular weight excluding hydrogens is 250 g/mol. The zero-order chi connectivity index (χ0) is 11.1. The molecular formula is C4H5Cl3O6. The summed E-state index contributed by atoms with van der Waals surface area (Å²) in [6.45, 7) is 1.11. The van der Waals surface area contributed by atoms with E-state index in [0.29, 0.717) is 0 Å². The lowest BCUT2D eigenvalue weighted by atomic mass is 10.8. The van der Waals surface area contributed by atoms with E-state index in [1.807, 2.05) is 0 Å². The highest BCUT2D eigenvalue weighted by Gasteiger charge is 2.33. The van der Waals surface area contributed by atoms with E-state index in [-0.39, 0.29) is 0 Å². The van der Waals surface area contributed by atoms with Crippen molar-refractivity contribution in [3.05, 3.63) is 0 Å². The van der Waals surface area contributed by atoms with Crippen LogP contribution in [-0.2, 0) is 19.4 Å². The maximum absolute atomic E-state index is 9.97. The van der Waals surface area contributed by atoms with Gasteiger partial charge in [-0.05, 0) is 0 Å². The standard InChI is InChI=1S/C2HCl3O3.C2H4O3/c3-2(4,5)1(6)8-7;1-2(3)5-4/h7H;4H,1H3. The molecule has 78 valence electrons. The summed E-state index contributed by atoms with van der Waals surface area (Å²) in [5, 5.41) is 14.9. The Kier molecular flexibility index (Phi) is 8.38. The Morgan fingerprint density at radius 2 is 1.46 bits per heavy atom. The molecule has 0 saturated carbocycles. The minimum absolute atomic E-state index is 0.690. The predicted molar refractivity (Wildman–Crippen MR) is 43.4 cm³/mol. The van der Waals surface area contributed by atoms with Crippen molar-refractivity contribution in [1.29, 1.82) is 0 Å². The van der Waals surface area contributed by atoms with Crippen LogP contribution in [0.2, 0.25) is 0 Å². The van der Waals surface area contributed by atoms with Crippen LogP contribution in [0.15, 0.2) is 0 Å². The molecule has 0 spiro atoms. The lowest BCUT2D eigenvalue weighted by Gasteiger charge is -2.02. The van der Waals surface area contributed by atoms with E-state index >= 15 is 0 Å². The highest BCUT2D eigenvalue weighted by molar-refractivity contribution is 6.75. The smallest absolute Gasteiger partial charge is 0.301 e. The van der Waals surface area contributed by atoms with Crippen LogP contribution in [0.3, 0.4) is 0 Å². The molecule has 0 bridgehead atoms. The molecule has 0 aromatic rings. The molecule has 0 heterocycles. The van der Waals surface area contributed by atoms with Gasteiger partial charge in [-0.2, -0.15) is 10.5 Å². The third-order valence-corrected chi connectivity index (χ3v) is 0.906. The van der Waals surface area contributed by atoms with Crippen molar-refractivity contribution >= 4 is 46.7 Å². The van der Waals surface area contributed by atoms with Gasteiger partial charge >= 0.3 is 11.9 Å². The first-order valence-corrected chi connectivity index (χ1v) is 3.63. The maximum atomic E-state index is 9.97. The van der Waals surface area contributed by atoms with Crippen LogP contribution in [0, 0.1) is 0 Å². The zero-order valence-electron chi connectivity index (χ0n) is 6.16. The van der Waals surface area contributed by atoms with Crippen LogP contribution in [0.4, 0.5) is 0 Å². The van der Waals surface area contributed by atoms with Crippen molar-refractivity contribution in [3.63, 3.8) is 0 Å². The SMILES string of the molecule is CC(=O)OO.O=C(OO)C(Cl)(Cl)Cl. The molecule has 0 radical (unpaired) electrons. The van der Waals surface area contributed by atoms with E-state index in [1.54, 1.807) is 0 Å². The molecule has 0 aromatic heterocycles. The zero-order valence-corrected chi connectivity index (χ0v) is 8.43. The van der Waals surface area contributed by atoms with Crippen LogP contribution in [-0.4, -0.2) is 26.2 Å². The maximum Gasteiger partial charge on any atom is 0.393 e. The number of rotatable bonds is 0. The van der Waals surface area contributed by atoms with E-state index < -0.39 is 15.7 Å². The number of carbonyl (C=O) groups is 2. The Hall–Kier alpha value is -0.270. The first kappa shape index (κ1) is 15.2. The summed E-state index contributed by atoms with van der Waals surface area (Å²) in [6.07, 6.45) is 0. The average Bonchev–Trinajstić information content (AvgIpc) is 2.02. The average molecular weight is 255 g/mol. The summed E-state index contributed by atoms with van der Waals surface area (Å²) in [7, 11) is 0. The predicted octanol–water partition coefficient (Wildman–Crippen LogP) is 1.40. The van der Waals surface area contributed by atoms with E-state index in [1.165, 1.54) is 0 Å². The molecule has 0 atom stereocenters. The summed E-state index contributed by atoms with van der Waals surface area (Å²) in [4.78, 5) is 25.5. The monoisotopic (exact) mass is 254 g/mol. The van der Waals surface area contributed by atoms with Crippen molar-refractivity contribution in [2.24, 2.45) is 0 Å². The van der Waals surface area contributed by atoms with Crippen LogP contribution in [0.5, 0.6) is 0 Å². The van der Waals surface area contributed by atoms with Gasteiger partial charge in [-0.1, -0.05) is 34.8 Å². The normalized spacial score (nSPS) is 9.38. The lowest BCUT2D eigenvalue weighted by Crippen LogP contribution is -2.20. The van der Waals surface area contributed by atoms with Crippen LogP contribution >= 0.6 is 34.8 Å². The highest BCUT2D eigenvalue weighted by Crippen LogP contribution is 2.26. The summed E-state index contributed by atoms with van der Waals surface area (Å²) >= 11 is 14.6. The molecule has 0 unspecified atom stereocenters. The molecule has 0 aromatic carbocycles. The highest BCUT2D eigenvalue weighted by atomic mass is 35.6. The van der Waals surface area contributed by atoms with Gasteiger partial charge in [-0.15, -0.1) is 0 Å². The van der Waals surface area contributed by atoms with E-state index in [2.05, 4.69) is 9.78 Å². The van der Waals surface area contributed by atoms with Gasteiger partial charge in [0.2, 0.25) is 0 Å². The van der Waals surface area contributed by atoms with Gasteiger partial charge in [0.25, 0.3) is 3.79 Å². The number of halogens is 3. The number of hydrogen-bond acceptors (Lipinski definition) is 6. The fourth-order valence-corrected chi connectivity index (χ4v) is 0.155. The summed E-state index contributed by atoms with van der Waals surface area (Å²) in [5.74, 6) is -2.01. The van der Waals surface area contributed by atoms with Gasteiger partial charge in [0.15, 0.2) is 0 Å².